The Bertz CT molecular complexity index is 2590. The molecule has 2 aliphatic heterocycles. The topological polar surface area (TPSA) is 208 Å². The third kappa shape index (κ3) is 7.82. The molecular weight excluding hydrogens is 803 g/mol. The van der Waals surface area contributed by atoms with Crippen LogP contribution in [0.1, 0.15) is 106 Å². The summed E-state index contributed by atoms with van der Waals surface area (Å²) in [5.74, 6) is -4.64. The first-order valence-corrected chi connectivity index (χ1v) is 21.0. The van der Waals surface area contributed by atoms with Crippen LogP contribution in [0.5, 0.6) is 0 Å². The number of halogens is 2. The number of aromatic nitrogens is 1. The van der Waals surface area contributed by atoms with Crippen molar-refractivity contribution >= 4 is 63.6 Å². The van der Waals surface area contributed by atoms with E-state index in [1.807, 2.05) is 0 Å². The Morgan fingerprint density at radius 3 is 2.35 bits per heavy atom. The maximum Gasteiger partial charge on any atom is 0.264 e. The van der Waals surface area contributed by atoms with E-state index in [-0.39, 0.29) is 83.5 Å². The first-order valence-electron chi connectivity index (χ1n) is 21.0. The molecule has 1 atom stereocenters. The van der Waals surface area contributed by atoms with Gasteiger partial charge in [-0.15, -0.1) is 0 Å². The van der Waals surface area contributed by atoms with Gasteiger partial charge in [0.2, 0.25) is 17.7 Å². The molecule has 1 aromatic heterocycles. The van der Waals surface area contributed by atoms with E-state index in [0.29, 0.717) is 40.9 Å². The number of hydrogen-bond acceptors (Lipinski definition) is 10. The summed E-state index contributed by atoms with van der Waals surface area (Å²) in [5, 5.41) is 17.7. The Balaban J connectivity index is 0.775. The van der Waals surface area contributed by atoms with Gasteiger partial charge in [0.15, 0.2) is 0 Å². The van der Waals surface area contributed by atoms with Gasteiger partial charge in [0.1, 0.15) is 17.7 Å². The van der Waals surface area contributed by atoms with E-state index in [0.717, 1.165) is 49.5 Å². The molecule has 4 saturated carbocycles. The Kier molecular flexibility index (Phi) is 10.6. The van der Waals surface area contributed by atoms with Gasteiger partial charge in [-0.2, -0.15) is 0 Å². The maximum absolute atomic E-state index is 15.6. The van der Waals surface area contributed by atoms with Crippen LogP contribution in [0.25, 0.3) is 22.0 Å². The molecule has 7 amide bonds. The van der Waals surface area contributed by atoms with E-state index in [4.69, 9.17) is 0 Å². The number of carbonyl (C=O) groups excluding carboxylic acids is 7. The molecule has 6 N–H and O–H groups in total. The van der Waals surface area contributed by atoms with Crippen molar-refractivity contribution in [3.8, 4) is 11.1 Å². The molecule has 3 aromatic carbocycles. The van der Waals surface area contributed by atoms with Crippen LogP contribution in [0.2, 0.25) is 0 Å². The highest BCUT2D eigenvalue weighted by molar-refractivity contribution is 6.25. The monoisotopic (exact) mass is 846 g/mol. The predicted octanol–water partition coefficient (Wildman–Crippen LogP) is 4.57. The molecule has 0 radical (unpaired) electrons. The molecule has 5 fully saturated rings. The molecule has 1 unspecified atom stereocenters. The lowest BCUT2D eigenvalue weighted by Gasteiger charge is -2.40. The Morgan fingerprint density at radius 1 is 0.839 bits per heavy atom. The molecule has 15 nitrogen and oxygen atoms in total. The SMILES string of the molecule is O=C(CNc1cccc2c1C(=O)N(C1CCC(=O)NC1=O)C2=O)NCCCCNC(=O)c1ccc(-c2cc3c(NC45CCC(C4)C5)c(C(=O)NC4CC4)cnc3cc2F)cc1F. The normalized spacial score (nSPS) is 21.3. The highest BCUT2D eigenvalue weighted by atomic mass is 19.1. The summed E-state index contributed by atoms with van der Waals surface area (Å²) in [6.07, 6.45) is 8.37. The minimum Gasteiger partial charge on any atom is -0.378 e. The molecule has 17 heteroatoms. The number of imide groups is 2. The van der Waals surface area contributed by atoms with Crippen molar-refractivity contribution in [2.45, 2.75) is 81.8 Å². The van der Waals surface area contributed by atoms with Gasteiger partial charge in [0.05, 0.1) is 40.0 Å². The van der Waals surface area contributed by atoms with E-state index in [1.54, 1.807) is 18.2 Å². The number of fused-ring (bicyclic) bond motifs is 3. The van der Waals surface area contributed by atoms with Crippen LogP contribution < -0.4 is 31.9 Å². The van der Waals surface area contributed by atoms with Gasteiger partial charge in [-0.3, -0.25) is 48.8 Å². The number of amides is 7. The van der Waals surface area contributed by atoms with E-state index in [9.17, 15) is 33.6 Å². The van der Waals surface area contributed by atoms with Crippen LogP contribution in [0, 0.1) is 17.6 Å². The summed E-state index contributed by atoms with van der Waals surface area (Å²) in [6.45, 7) is 0.219. The van der Waals surface area contributed by atoms with E-state index >= 15 is 8.78 Å². The fraction of sp³-hybridized carbons (Fsp3) is 0.378. The molecule has 3 heterocycles. The average molecular weight is 847 g/mol. The Hall–Kier alpha value is -6.78. The van der Waals surface area contributed by atoms with Crippen molar-refractivity contribution in [3.63, 3.8) is 0 Å². The Morgan fingerprint density at radius 2 is 1.63 bits per heavy atom. The van der Waals surface area contributed by atoms with Crippen molar-refractivity contribution in [2.75, 3.05) is 30.3 Å². The zero-order chi connectivity index (χ0) is 43.3. The standard InChI is InChI=1S/C45H44F2N8O7/c46-31-16-24(28-17-29-34(18-32(28)47)50-21-30(41(59)52-25-7-8-25)39(29)54-45-13-12-23(19-45)20-45)6-9-26(31)40(58)49-15-2-1-14-48-37(57)22-51-33-5-3-4-27-38(33)44(62)55(43(27)61)35-10-11-36(56)53-42(35)60/h3-6,9,16-18,21,23,25,35,51H,1-2,7-8,10-15,19-20,22H2,(H,48,57)(H,49,58)(H,50,54)(H,52,59)(H,53,56,60). The molecule has 62 heavy (non-hydrogen) atoms. The number of nitrogens with zero attached hydrogens (tertiary/aromatic N) is 2. The predicted molar refractivity (Wildman–Crippen MR) is 222 cm³/mol. The lowest BCUT2D eigenvalue weighted by Crippen LogP contribution is -2.54. The minimum atomic E-state index is -1.11. The fourth-order valence-corrected chi connectivity index (χ4v) is 9.14. The number of rotatable bonds is 15. The van der Waals surface area contributed by atoms with Gasteiger partial charge in [-0.05, 0) is 99.6 Å². The first kappa shape index (κ1) is 40.6. The van der Waals surface area contributed by atoms with Crippen LogP contribution in [0.15, 0.2) is 54.7 Å². The summed E-state index contributed by atoms with van der Waals surface area (Å²) >= 11 is 0. The summed E-state index contributed by atoms with van der Waals surface area (Å²) in [5.41, 5.74) is 1.69. The van der Waals surface area contributed by atoms with Crippen LogP contribution in [0.4, 0.5) is 20.2 Å². The van der Waals surface area contributed by atoms with Crippen molar-refractivity contribution in [1.82, 2.24) is 31.2 Å². The zero-order valence-corrected chi connectivity index (χ0v) is 33.6. The fourth-order valence-electron chi connectivity index (χ4n) is 9.14. The summed E-state index contributed by atoms with van der Waals surface area (Å²) < 4.78 is 31.2. The van der Waals surface area contributed by atoms with Crippen LogP contribution in [0.3, 0.4) is 0 Å². The van der Waals surface area contributed by atoms with Gasteiger partial charge in [0, 0.05) is 60.0 Å². The summed E-state index contributed by atoms with van der Waals surface area (Å²) in [4.78, 5) is 94.6. The molecule has 320 valence electrons. The molecule has 1 saturated heterocycles. The average Bonchev–Trinajstić information content (AvgIpc) is 3.73. The maximum atomic E-state index is 15.6. The van der Waals surface area contributed by atoms with Gasteiger partial charge < -0.3 is 26.6 Å². The van der Waals surface area contributed by atoms with Crippen LogP contribution in [-0.2, 0) is 14.4 Å². The second-order valence-corrected chi connectivity index (χ2v) is 16.9. The first-order chi connectivity index (χ1) is 29.9. The second-order valence-electron chi connectivity index (χ2n) is 16.9. The van der Waals surface area contributed by atoms with Crippen molar-refractivity contribution in [3.05, 3.63) is 88.6 Å². The molecule has 4 aromatic rings. The van der Waals surface area contributed by atoms with E-state index in [1.165, 1.54) is 30.5 Å². The van der Waals surface area contributed by atoms with E-state index in [2.05, 4.69) is 36.9 Å². The van der Waals surface area contributed by atoms with E-state index < -0.39 is 53.1 Å². The number of benzene rings is 3. The smallest absolute Gasteiger partial charge is 0.264 e. The van der Waals surface area contributed by atoms with Crippen molar-refractivity contribution in [1.29, 1.82) is 0 Å². The summed E-state index contributed by atoms with van der Waals surface area (Å²) in [6, 6.07) is 10.3. The highest BCUT2D eigenvalue weighted by Crippen LogP contribution is 2.54. The van der Waals surface area contributed by atoms with Gasteiger partial charge in [-0.25, -0.2) is 8.78 Å². The third-order valence-electron chi connectivity index (χ3n) is 12.5. The number of carbonyl (C=O) groups is 7. The quantitative estimate of drug-likeness (QED) is 0.0726. The number of hydrogen-bond donors (Lipinski definition) is 6. The third-order valence-corrected chi connectivity index (χ3v) is 12.5. The minimum absolute atomic E-state index is 0.00536. The van der Waals surface area contributed by atoms with Gasteiger partial charge in [0.25, 0.3) is 23.6 Å². The number of anilines is 2. The van der Waals surface area contributed by atoms with Crippen LogP contribution >= 0.6 is 0 Å². The van der Waals surface area contributed by atoms with Crippen molar-refractivity contribution < 1.29 is 42.3 Å². The number of nitrogens with one attached hydrogen (secondary N) is 6. The van der Waals surface area contributed by atoms with Gasteiger partial charge in [-0.1, -0.05) is 12.1 Å². The van der Waals surface area contributed by atoms with Gasteiger partial charge >= 0.3 is 0 Å². The molecule has 4 aliphatic carbocycles. The van der Waals surface area contributed by atoms with Crippen LogP contribution in [-0.4, -0.2) is 88.5 Å². The molecule has 6 aliphatic rings. The zero-order valence-electron chi connectivity index (χ0n) is 33.6. The lowest BCUT2D eigenvalue weighted by atomic mass is 9.76. The molecule has 2 bridgehead atoms. The Labute approximate surface area is 354 Å². The highest BCUT2D eigenvalue weighted by Gasteiger charge is 2.51. The lowest BCUT2D eigenvalue weighted by molar-refractivity contribution is -0.136. The summed E-state index contributed by atoms with van der Waals surface area (Å²) in [7, 11) is 0. The molecular formula is C45H44F2N8O7. The number of unbranched alkanes of at least 4 members (excludes halogenated alkanes) is 1. The van der Waals surface area contributed by atoms with Crippen molar-refractivity contribution in [2.24, 2.45) is 5.92 Å². The molecule has 10 rings (SSSR count). The largest absolute Gasteiger partial charge is 0.378 e. The number of pyridine rings is 1. The second kappa shape index (κ2) is 16.2. The molecule has 0 spiro atoms. The number of piperidine rings is 1.